The van der Waals surface area contributed by atoms with Gasteiger partial charge >= 0.3 is 0 Å². The van der Waals surface area contributed by atoms with Crippen LogP contribution in [0.25, 0.3) is 0 Å². The molecule has 0 spiro atoms. The molecule has 2 aliphatic rings. The van der Waals surface area contributed by atoms with Crippen LogP contribution in [0.1, 0.15) is 67.5 Å². The van der Waals surface area contributed by atoms with Gasteiger partial charge in [-0.15, -0.1) is 0 Å². The van der Waals surface area contributed by atoms with Crippen LogP contribution in [0.5, 0.6) is 0 Å². The zero-order valence-corrected chi connectivity index (χ0v) is 12.4. The molecule has 3 N–H and O–H groups in total. The van der Waals surface area contributed by atoms with Crippen LogP contribution in [0.4, 0.5) is 5.69 Å². The van der Waals surface area contributed by atoms with E-state index in [9.17, 15) is 4.79 Å². The molecule has 0 saturated heterocycles. The second-order valence-corrected chi connectivity index (χ2v) is 6.50. The van der Waals surface area contributed by atoms with E-state index in [0.717, 1.165) is 37.3 Å². The molecule has 1 aromatic rings. The van der Waals surface area contributed by atoms with E-state index >= 15 is 0 Å². The fourth-order valence-corrected chi connectivity index (χ4v) is 3.17. The van der Waals surface area contributed by atoms with Crippen LogP contribution < -0.4 is 5.73 Å². The van der Waals surface area contributed by atoms with Crippen LogP contribution in [0.3, 0.4) is 0 Å². The van der Waals surface area contributed by atoms with Gasteiger partial charge in [-0.2, -0.15) is 5.10 Å². The lowest BCUT2D eigenvalue weighted by Gasteiger charge is -2.33. The van der Waals surface area contributed by atoms with Crippen molar-refractivity contribution in [3.63, 3.8) is 0 Å². The number of aromatic amines is 1. The first kappa shape index (κ1) is 13.5. The van der Waals surface area contributed by atoms with Gasteiger partial charge in [0, 0.05) is 19.0 Å². The number of carbonyl (C=O) groups is 1. The van der Waals surface area contributed by atoms with Crippen molar-refractivity contribution in [2.45, 2.75) is 57.4 Å². The Kier molecular flexibility index (Phi) is 3.44. The number of carbonyl (C=O) groups excluding carboxylic acids is 1. The summed E-state index contributed by atoms with van der Waals surface area (Å²) in [5, 5.41) is 7.13. The first-order chi connectivity index (χ1) is 9.58. The normalized spacial score (nSPS) is 26.5. The minimum absolute atomic E-state index is 0.0368. The summed E-state index contributed by atoms with van der Waals surface area (Å²) in [6.07, 6.45) is 6.87. The van der Waals surface area contributed by atoms with Crippen LogP contribution in [0.2, 0.25) is 0 Å². The van der Waals surface area contributed by atoms with Gasteiger partial charge in [-0.1, -0.05) is 6.92 Å². The Hall–Kier alpha value is -1.52. The van der Waals surface area contributed by atoms with E-state index < -0.39 is 0 Å². The van der Waals surface area contributed by atoms with Gasteiger partial charge in [-0.25, -0.2) is 0 Å². The molecule has 1 aromatic heterocycles. The number of hydrogen-bond acceptors (Lipinski definition) is 3. The lowest BCUT2D eigenvalue weighted by atomic mass is 9.86. The van der Waals surface area contributed by atoms with Gasteiger partial charge in [0.05, 0.1) is 11.4 Å². The van der Waals surface area contributed by atoms with Crippen molar-refractivity contribution in [1.29, 1.82) is 0 Å². The number of amides is 1. The predicted octanol–water partition coefficient (Wildman–Crippen LogP) is 2.52. The van der Waals surface area contributed by atoms with Crippen LogP contribution in [-0.4, -0.2) is 34.1 Å². The van der Waals surface area contributed by atoms with Crippen LogP contribution in [-0.2, 0) is 0 Å². The summed E-state index contributed by atoms with van der Waals surface area (Å²) in [7, 11) is 1.88. The highest BCUT2D eigenvalue weighted by Gasteiger charge is 2.32. The van der Waals surface area contributed by atoms with E-state index in [0.29, 0.717) is 23.3 Å². The molecule has 0 bridgehead atoms. The average molecular weight is 276 g/mol. The van der Waals surface area contributed by atoms with E-state index in [1.54, 1.807) is 0 Å². The second kappa shape index (κ2) is 5.11. The van der Waals surface area contributed by atoms with E-state index in [2.05, 4.69) is 17.1 Å². The first-order valence-electron chi connectivity index (χ1n) is 7.68. The van der Waals surface area contributed by atoms with E-state index in [-0.39, 0.29) is 5.91 Å². The van der Waals surface area contributed by atoms with Crippen molar-refractivity contribution in [3.05, 3.63) is 11.4 Å². The minimum atomic E-state index is -0.0368. The van der Waals surface area contributed by atoms with Gasteiger partial charge in [0.1, 0.15) is 0 Å². The Balaban J connectivity index is 1.71. The summed E-state index contributed by atoms with van der Waals surface area (Å²) in [6.45, 7) is 2.28. The lowest BCUT2D eigenvalue weighted by Crippen LogP contribution is -2.39. The average Bonchev–Trinajstić information content (AvgIpc) is 3.21. The highest BCUT2D eigenvalue weighted by atomic mass is 16.2. The van der Waals surface area contributed by atoms with Crippen molar-refractivity contribution in [2.24, 2.45) is 5.92 Å². The van der Waals surface area contributed by atoms with Crippen molar-refractivity contribution in [3.8, 4) is 0 Å². The Morgan fingerprint density at radius 1 is 1.25 bits per heavy atom. The van der Waals surface area contributed by atoms with E-state index in [1.165, 1.54) is 12.8 Å². The van der Waals surface area contributed by atoms with Gasteiger partial charge in [-0.3, -0.25) is 9.89 Å². The number of hydrogen-bond donors (Lipinski definition) is 2. The number of anilines is 1. The molecule has 3 rings (SSSR count). The van der Waals surface area contributed by atoms with Crippen LogP contribution in [0, 0.1) is 5.92 Å². The van der Waals surface area contributed by atoms with E-state index in [1.807, 2.05) is 11.9 Å². The molecular formula is C15H24N4O. The number of H-pyrrole nitrogens is 1. The fraction of sp³-hybridized carbons (Fsp3) is 0.733. The second-order valence-electron chi connectivity index (χ2n) is 6.50. The maximum atomic E-state index is 12.6. The third kappa shape index (κ3) is 2.41. The van der Waals surface area contributed by atoms with Gasteiger partial charge in [0.15, 0.2) is 5.69 Å². The third-order valence-electron chi connectivity index (χ3n) is 4.88. The van der Waals surface area contributed by atoms with Crippen LogP contribution >= 0.6 is 0 Å². The summed E-state index contributed by atoms with van der Waals surface area (Å²) in [6, 6.07) is 0.333. The molecule has 2 fully saturated rings. The van der Waals surface area contributed by atoms with Gasteiger partial charge in [0.2, 0.25) is 0 Å². The first-order valence-corrected chi connectivity index (χ1v) is 7.68. The van der Waals surface area contributed by atoms with Crippen LogP contribution in [0.15, 0.2) is 0 Å². The van der Waals surface area contributed by atoms with Gasteiger partial charge in [0.25, 0.3) is 5.91 Å². The maximum absolute atomic E-state index is 12.6. The van der Waals surface area contributed by atoms with Gasteiger partial charge < -0.3 is 10.6 Å². The molecule has 20 heavy (non-hydrogen) atoms. The maximum Gasteiger partial charge on any atom is 0.276 e. The molecule has 1 heterocycles. The zero-order chi connectivity index (χ0) is 14.3. The summed E-state index contributed by atoms with van der Waals surface area (Å²) >= 11 is 0. The molecule has 0 atom stereocenters. The number of rotatable bonds is 3. The Bertz CT molecular complexity index is 498. The zero-order valence-electron chi connectivity index (χ0n) is 12.4. The molecule has 110 valence electrons. The standard InChI is InChI=1S/C15H24N4O/c1-9-3-7-11(8-4-9)19(2)15(20)14-12(16)13(17-18-14)10-5-6-10/h9-11H,3-8,16H2,1-2H3,(H,17,18). The SMILES string of the molecule is CC1CCC(N(C)C(=O)c2n[nH]c(C3CC3)c2N)CC1. The van der Waals surface area contributed by atoms with Crippen molar-refractivity contribution >= 4 is 11.6 Å². The van der Waals surface area contributed by atoms with Crippen molar-refractivity contribution in [1.82, 2.24) is 15.1 Å². The third-order valence-corrected chi connectivity index (χ3v) is 4.88. The summed E-state index contributed by atoms with van der Waals surface area (Å²) < 4.78 is 0. The van der Waals surface area contributed by atoms with E-state index in [4.69, 9.17) is 5.73 Å². The molecular weight excluding hydrogens is 252 g/mol. The lowest BCUT2D eigenvalue weighted by molar-refractivity contribution is 0.0674. The van der Waals surface area contributed by atoms with Gasteiger partial charge in [-0.05, 0) is 44.4 Å². The molecule has 5 nitrogen and oxygen atoms in total. The summed E-state index contributed by atoms with van der Waals surface area (Å²) in [5.74, 6) is 1.24. The summed E-state index contributed by atoms with van der Waals surface area (Å²) in [5.41, 5.74) is 8.02. The molecule has 0 aliphatic heterocycles. The number of nitrogens with zero attached hydrogens (tertiary/aromatic N) is 2. The number of nitrogen functional groups attached to an aromatic ring is 1. The Labute approximate surface area is 119 Å². The topological polar surface area (TPSA) is 75.0 Å². The highest BCUT2D eigenvalue weighted by Crippen LogP contribution is 2.42. The minimum Gasteiger partial charge on any atom is -0.395 e. The van der Waals surface area contributed by atoms with Crippen molar-refractivity contribution in [2.75, 3.05) is 12.8 Å². The molecule has 2 saturated carbocycles. The smallest absolute Gasteiger partial charge is 0.276 e. The highest BCUT2D eigenvalue weighted by molar-refractivity contribution is 5.97. The monoisotopic (exact) mass is 276 g/mol. The molecule has 0 unspecified atom stereocenters. The molecule has 0 aromatic carbocycles. The fourth-order valence-electron chi connectivity index (χ4n) is 3.17. The largest absolute Gasteiger partial charge is 0.395 e. The molecule has 2 aliphatic carbocycles. The Morgan fingerprint density at radius 3 is 2.50 bits per heavy atom. The molecule has 0 radical (unpaired) electrons. The molecule has 1 amide bonds. The molecule has 5 heteroatoms. The quantitative estimate of drug-likeness (QED) is 0.890. The number of nitrogens with two attached hydrogens (primary N) is 1. The Morgan fingerprint density at radius 2 is 1.90 bits per heavy atom. The number of aromatic nitrogens is 2. The number of nitrogens with one attached hydrogen (secondary N) is 1. The summed E-state index contributed by atoms with van der Waals surface area (Å²) in [4.78, 5) is 14.4. The van der Waals surface area contributed by atoms with Crippen molar-refractivity contribution < 1.29 is 4.79 Å². The predicted molar refractivity (Wildman–Crippen MR) is 78.5 cm³/mol.